The fourth-order valence-corrected chi connectivity index (χ4v) is 3.79. The van der Waals surface area contributed by atoms with Crippen LogP contribution in [-0.4, -0.2) is 37.5 Å². The van der Waals surface area contributed by atoms with Crippen molar-refractivity contribution in [1.29, 1.82) is 0 Å². The first-order chi connectivity index (χ1) is 17.8. The second-order valence-electron chi connectivity index (χ2n) is 8.35. The Morgan fingerprint density at radius 2 is 1.73 bits per heavy atom. The Morgan fingerprint density at radius 3 is 2.43 bits per heavy atom. The summed E-state index contributed by atoms with van der Waals surface area (Å²) in [6, 6.07) is 17.8. The van der Waals surface area contributed by atoms with Gasteiger partial charge >= 0.3 is 6.03 Å². The Kier molecular flexibility index (Phi) is 7.34. The summed E-state index contributed by atoms with van der Waals surface area (Å²) in [5.74, 6) is -1.15. The molecule has 0 saturated carbocycles. The highest BCUT2D eigenvalue weighted by Crippen LogP contribution is 2.27. The van der Waals surface area contributed by atoms with E-state index in [0.29, 0.717) is 22.7 Å². The summed E-state index contributed by atoms with van der Waals surface area (Å²) in [6.07, 6.45) is 1.33. The molecule has 4 rings (SSSR count). The molecular formula is C28H25N3O6. The fraction of sp³-hybridized carbons (Fsp3) is 0.143. The van der Waals surface area contributed by atoms with Crippen LogP contribution in [-0.2, 0) is 14.4 Å². The van der Waals surface area contributed by atoms with Crippen LogP contribution in [0.2, 0.25) is 0 Å². The third kappa shape index (κ3) is 5.67. The van der Waals surface area contributed by atoms with E-state index in [-0.39, 0.29) is 23.8 Å². The van der Waals surface area contributed by atoms with Gasteiger partial charge in [0, 0.05) is 11.3 Å². The van der Waals surface area contributed by atoms with Crippen LogP contribution in [0.25, 0.3) is 6.08 Å². The number of methoxy groups -OCH3 is 1. The van der Waals surface area contributed by atoms with Gasteiger partial charge in [-0.15, -0.1) is 0 Å². The molecule has 5 amide bonds. The summed E-state index contributed by atoms with van der Waals surface area (Å²) in [5, 5.41) is 5.00. The lowest BCUT2D eigenvalue weighted by Crippen LogP contribution is -2.54. The number of nitrogens with one attached hydrogen (secondary N) is 2. The SMILES string of the molecule is COc1ccc(N2C(=O)NC(=O)/C(=C\c3ccccc3OCC(=O)Nc3ccc(C)cc3C)C2=O)cc1. The van der Waals surface area contributed by atoms with Gasteiger partial charge in [-0.3, -0.25) is 19.7 Å². The summed E-state index contributed by atoms with van der Waals surface area (Å²) in [7, 11) is 1.50. The number of carbonyl (C=O) groups excluding carboxylic acids is 4. The number of rotatable bonds is 7. The average molecular weight is 500 g/mol. The Morgan fingerprint density at radius 1 is 1.00 bits per heavy atom. The average Bonchev–Trinajstić information content (AvgIpc) is 2.88. The summed E-state index contributed by atoms with van der Waals surface area (Å²) in [6.45, 7) is 3.58. The van der Waals surface area contributed by atoms with Gasteiger partial charge in [-0.25, -0.2) is 9.69 Å². The zero-order chi connectivity index (χ0) is 26.5. The molecule has 1 saturated heterocycles. The van der Waals surface area contributed by atoms with Crippen molar-refractivity contribution in [3.8, 4) is 11.5 Å². The molecule has 0 bridgehead atoms. The molecule has 0 aliphatic carbocycles. The highest BCUT2D eigenvalue weighted by atomic mass is 16.5. The molecule has 9 nitrogen and oxygen atoms in total. The number of para-hydroxylation sites is 1. The number of nitrogens with zero attached hydrogens (tertiary/aromatic N) is 1. The summed E-state index contributed by atoms with van der Waals surface area (Å²) in [5.41, 5.74) is 3.10. The zero-order valence-electron chi connectivity index (χ0n) is 20.5. The second kappa shape index (κ2) is 10.8. The fourth-order valence-electron chi connectivity index (χ4n) is 3.79. The highest BCUT2D eigenvalue weighted by Gasteiger charge is 2.37. The van der Waals surface area contributed by atoms with Gasteiger partial charge in [0.1, 0.15) is 17.1 Å². The molecule has 3 aromatic rings. The number of ether oxygens (including phenoxy) is 2. The van der Waals surface area contributed by atoms with Gasteiger partial charge < -0.3 is 14.8 Å². The minimum Gasteiger partial charge on any atom is -0.497 e. The van der Waals surface area contributed by atoms with Gasteiger partial charge in [-0.05, 0) is 61.9 Å². The summed E-state index contributed by atoms with van der Waals surface area (Å²) in [4.78, 5) is 51.5. The monoisotopic (exact) mass is 499 g/mol. The Labute approximate surface area is 213 Å². The van der Waals surface area contributed by atoms with E-state index in [1.54, 1.807) is 36.4 Å². The van der Waals surface area contributed by atoms with Crippen molar-refractivity contribution in [2.24, 2.45) is 0 Å². The van der Waals surface area contributed by atoms with Crippen molar-refractivity contribution in [3.63, 3.8) is 0 Å². The van der Waals surface area contributed by atoms with Crippen LogP contribution in [0.1, 0.15) is 16.7 Å². The number of amides is 5. The first-order valence-corrected chi connectivity index (χ1v) is 11.4. The van der Waals surface area contributed by atoms with Crippen LogP contribution < -0.4 is 25.0 Å². The number of carbonyl (C=O) groups is 4. The molecule has 37 heavy (non-hydrogen) atoms. The first-order valence-electron chi connectivity index (χ1n) is 11.4. The lowest BCUT2D eigenvalue weighted by molar-refractivity contribution is -0.122. The third-order valence-electron chi connectivity index (χ3n) is 5.67. The van der Waals surface area contributed by atoms with Crippen LogP contribution in [0.5, 0.6) is 11.5 Å². The number of hydrogen-bond donors (Lipinski definition) is 2. The minimum atomic E-state index is -0.857. The smallest absolute Gasteiger partial charge is 0.335 e. The molecule has 1 fully saturated rings. The van der Waals surface area contributed by atoms with E-state index in [1.807, 2.05) is 32.0 Å². The molecule has 0 unspecified atom stereocenters. The van der Waals surface area contributed by atoms with Crippen LogP contribution in [0, 0.1) is 13.8 Å². The van der Waals surface area contributed by atoms with Gasteiger partial charge in [0.25, 0.3) is 17.7 Å². The van der Waals surface area contributed by atoms with Crippen molar-refractivity contribution < 1.29 is 28.7 Å². The predicted octanol–water partition coefficient (Wildman–Crippen LogP) is 4.00. The normalized spacial score (nSPS) is 14.4. The molecule has 188 valence electrons. The number of benzene rings is 3. The zero-order valence-corrected chi connectivity index (χ0v) is 20.5. The van der Waals surface area contributed by atoms with E-state index >= 15 is 0 Å². The van der Waals surface area contributed by atoms with E-state index in [2.05, 4.69) is 10.6 Å². The van der Waals surface area contributed by atoms with Crippen LogP contribution in [0.15, 0.2) is 72.3 Å². The first kappa shape index (κ1) is 25.2. The van der Waals surface area contributed by atoms with Crippen molar-refractivity contribution >= 4 is 41.2 Å². The van der Waals surface area contributed by atoms with E-state index in [1.165, 1.54) is 25.3 Å². The molecule has 1 aliphatic heterocycles. The van der Waals surface area contributed by atoms with Gasteiger partial charge in [0.15, 0.2) is 6.61 Å². The van der Waals surface area contributed by atoms with E-state index < -0.39 is 17.8 Å². The maximum atomic E-state index is 13.2. The molecule has 0 atom stereocenters. The quantitative estimate of drug-likeness (QED) is 0.375. The number of imide groups is 2. The van der Waals surface area contributed by atoms with Gasteiger partial charge in [-0.1, -0.05) is 35.9 Å². The van der Waals surface area contributed by atoms with E-state index in [4.69, 9.17) is 9.47 Å². The number of urea groups is 1. The highest BCUT2D eigenvalue weighted by molar-refractivity contribution is 6.39. The third-order valence-corrected chi connectivity index (χ3v) is 5.67. The Balaban J connectivity index is 1.53. The Hall–Kier alpha value is -4.92. The molecule has 0 radical (unpaired) electrons. The topological polar surface area (TPSA) is 114 Å². The summed E-state index contributed by atoms with van der Waals surface area (Å²) < 4.78 is 10.8. The van der Waals surface area contributed by atoms with Crippen molar-refractivity contribution in [3.05, 3.63) is 89.0 Å². The van der Waals surface area contributed by atoms with Gasteiger partial charge in [0.05, 0.1) is 12.8 Å². The van der Waals surface area contributed by atoms with Crippen molar-refractivity contribution in [2.45, 2.75) is 13.8 Å². The van der Waals surface area contributed by atoms with Crippen LogP contribution in [0.4, 0.5) is 16.2 Å². The molecule has 1 heterocycles. The number of anilines is 2. The standard InChI is InChI=1S/C28H25N3O6/c1-17-8-13-23(18(2)14-17)29-25(32)16-37-24-7-5-4-6-19(24)15-22-26(33)30-28(35)31(27(22)34)20-9-11-21(36-3)12-10-20/h4-15H,16H2,1-3H3,(H,29,32)(H,30,33,35)/b22-15+. The molecular weight excluding hydrogens is 474 g/mol. The second-order valence-corrected chi connectivity index (χ2v) is 8.35. The molecule has 9 heteroatoms. The van der Waals surface area contributed by atoms with Crippen molar-refractivity contribution in [2.75, 3.05) is 23.9 Å². The largest absolute Gasteiger partial charge is 0.497 e. The molecule has 3 aromatic carbocycles. The lowest BCUT2D eigenvalue weighted by Gasteiger charge is -2.26. The molecule has 1 aliphatic rings. The predicted molar refractivity (Wildman–Crippen MR) is 138 cm³/mol. The molecule has 0 aromatic heterocycles. The number of barbiturate groups is 1. The summed E-state index contributed by atoms with van der Waals surface area (Å²) >= 11 is 0. The number of aryl methyl sites for hydroxylation is 2. The van der Waals surface area contributed by atoms with Gasteiger partial charge in [-0.2, -0.15) is 0 Å². The van der Waals surface area contributed by atoms with Gasteiger partial charge in [0.2, 0.25) is 0 Å². The minimum absolute atomic E-state index is 0.258. The molecule has 0 spiro atoms. The van der Waals surface area contributed by atoms with Crippen LogP contribution in [0.3, 0.4) is 0 Å². The van der Waals surface area contributed by atoms with E-state index in [9.17, 15) is 19.2 Å². The van der Waals surface area contributed by atoms with E-state index in [0.717, 1.165) is 16.0 Å². The Bertz CT molecular complexity index is 1410. The number of hydrogen-bond acceptors (Lipinski definition) is 6. The molecule has 2 N–H and O–H groups in total. The maximum absolute atomic E-state index is 13.2. The maximum Gasteiger partial charge on any atom is 0.335 e. The lowest BCUT2D eigenvalue weighted by atomic mass is 10.1. The van der Waals surface area contributed by atoms with Crippen LogP contribution >= 0.6 is 0 Å². The van der Waals surface area contributed by atoms with Crippen molar-refractivity contribution in [1.82, 2.24) is 5.32 Å².